The van der Waals surface area contributed by atoms with Crippen LogP contribution < -0.4 is 9.46 Å². The van der Waals surface area contributed by atoms with E-state index >= 15 is 0 Å². The number of benzene rings is 1. The molecule has 1 aliphatic carbocycles. The smallest absolute Gasteiger partial charge is 0.214 e. The molecule has 1 unspecified atom stereocenters. The van der Waals surface area contributed by atoms with Crippen LogP contribution in [0.5, 0.6) is 5.75 Å². The topological polar surface area (TPSA) is 64.6 Å². The third kappa shape index (κ3) is 4.05. The van der Waals surface area contributed by atoms with Gasteiger partial charge in [-0.05, 0) is 62.8 Å². The molecule has 0 saturated carbocycles. The van der Waals surface area contributed by atoms with E-state index in [9.17, 15) is 8.42 Å². The van der Waals surface area contributed by atoms with Crippen LogP contribution in [0, 0.1) is 0 Å². The molecule has 0 bridgehead atoms. The van der Waals surface area contributed by atoms with Crippen LogP contribution in [-0.2, 0) is 27.6 Å². The van der Waals surface area contributed by atoms with Gasteiger partial charge in [-0.15, -0.1) is 0 Å². The van der Waals surface area contributed by atoms with Gasteiger partial charge in [-0.25, -0.2) is 13.1 Å². The number of fused-ring (bicyclic) bond motifs is 1. The summed E-state index contributed by atoms with van der Waals surface area (Å²) in [4.78, 5) is 0. The van der Waals surface area contributed by atoms with Gasteiger partial charge in [0.2, 0.25) is 10.0 Å². The second-order valence-corrected chi connectivity index (χ2v) is 8.96. The van der Waals surface area contributed by atoms with Gasteiger partial charge in [0.25, 0.3) is 0 Å². The molecule has 5 nitrogen and oxygen atoms in total. The lowest BCUT2D eigenvalue weighted by Crippen LogP contribution is -2.39. The largest absolute Gasteiger partial charge is 0.491 e. The molecular weight excluding hydrogens is 314 g/mol. The molecule has 1 N–H and O–H groups in total. The molecule has 1 fully saturated rings. The highest BCUT2D eigenvalue weighted by molar-refractivity contribution is 7.90. The SMILES string of the molecule is CC(C)S(=O)(=O)N[C@H]1Cc2ccc(OCC3CCCO3)cc2C1. The minimum Gasteiger partial charge on any atom is -0.491 e. The third-order valence-corrected chi connectivity index (χ3v) is 6.42. The number of sulfonamides is 1. The molecule has 0 amide bonds. The van der Waals surface area contributed by atoms with Crippen LogP contribution in [0.3, 0.4) is 0 Å². The lowest BCUT2D eigenvalue weighted by atomic mass is 10.1. The summed E-state index contributed by atoms with van der Waals surface area (Å²) in [5.41, 5.74) is 2.37. The maximum atomic E-state index is 12.0. The first kappa shape index (κ1) is 16.7. The molecule has 1 aromatic carbocycles. The number of hydrogen-bond donors (Lipinski definition) is 1. The molecule has 1 saturated heterocycles. The van der Waals surface area contributed by atoms with Gasteiger partial charge in [0.1, 0.15) is 12.4 Å². The molecule has 0 spiro atoms. The van der Waals surface area contributed by atoms with E-state index in [4.69, 9.17) is 9.47 Å². The molecule has 6 heteroatoms. The first-order valence-electron chi connectivity index (χ1n) is 8.31. The molecule has 23 heavy (non-hydrogen) atoms. The lowest BCUT2D eigenvalue weighted by Gasteiger charge is -2.14. The van der Waals surface area contributed by atoms with Gasteiger partial charge in [-0.3, -0.25) is 0 Å². The Morgan fingerprint density at radius 1 is 1.30 bits per heavy atom. The Kier molecular flexibility index (Phi) is 4.94. The normalized spacial score (nSPS) is 24.1. The Morgan fingerprint density at radius 3 is 2.78 bits per heavy atom. The van der Waals surface area contributed by atoms with Crippen molar-refractivity contribution in [2.45, 2.75) is 56.9 Å². The Bertz CT molecular complexity index is 651. The zero-order chi connectivity index (χ0) is 16.4. The van der Waals surface area contributed by atoms with Gasteiger partial charge in [0.05, 0.1) is 11.4 Å². The van der Waals surface area contributed by atoms with Crippen LogP contribution in [0.4, 0.5) is 0 Å². The molecule has 128 valence electrons. The maximum absolute atomic E-state index is 12.0. The summed E-state index contributed by atoms with van der Waals surface area (Å²) in [6.07, 6.45) is 3.83. The van der Waals surface area contributed by atoms with E-state index in [0.717, 1.165) is 38.0 Å². The van der Waals surface area contributed by atoms with Crippen molar-refractivity contribution in [3.8, 4) is 5.75 Å². The quantitative estimate of drug-likeness (QED) is 0.861. The molecule has 3 rings (SSSR count). The third-order valence-electron chi connectivity index (χ3n) is 4.52. The van der Waals surface area contributed by atoms with Gasteiger partial charge >= 0.3 is 0 Å². The monoisotopic (exact) mass is 339 g/mol. The fraction of sp³-hybridized carbons (Fsp3) is 0.647. The van der Waals surface area contributed by atoms with Crippen molar-refractivity contribution in [1.82, 2.24) is 4.72 Å². The summed E-state index contributed by atoms with van der Waals surface area (Å²) in [6, 6.07) is 6.00. The van der Waals surface area contributed by atoms with E-state index in [0.29, 0.717) is 6.61 Å². The predicted octanol–water partition coefficient (Wildman–Crippen LogP) is 2.04. The number of nitrogens with one attached hydrogen (secondary N) is 1. The summed E-state index contributed by atoms with van der Waals surface area (Å²) >= 11 is 0. The average Bonchev–Trinajstić information content (AvgIpc) is 3.12. The van der Waals surface area contributed by atoms with Gasteiger partial charge < -0.3 is 9.47 Å². The molecule has 2 aliphatic rings. The zero-order valence-corrected chi connectivity index (χ0v) is 14.6. The fourth-order valence-electron chi connectivity index (χ4n) is 3.10. The van der Waals surface area contributed by atoms with Crippen molar-refractivity contribution in [3.05, 3.63) is 29.3 Å². The number of rotatable bonds is 6. The number of ether oxygens (including phenoxy) is 2. The van der Waals surface area contributed by atoms with Crippen LogP contribution in [0.25, 0.3) is 0 Å². The molecule has 1 aromatic rings. The Balaban J connectivity index is 1.59. The predicted molar refractivity (Wildman–Crippen MR) is 89.3 cm³/mol. The highest BCUT2D eigenvalue weighted by Gasteiger charge is 2.27. The van der Waals surface area contributed by atoms with Crippen molar-refractivity contribution in [3.63, 3.8) is 0 Å². The van der Waals surface area contributed by atoms with Crippen molar-refractivity contribution in [2.24, 2.45) is 0 Å². The summed E-state index contributed by atoms with van der Waals surface area (Å²) in [6.45, 7) is 4.81. The first-order chi connectivity index (χ1) is 10.9. The molecule has 0 aromatic heterocycles. The van der Waals surface area contributed by atoms with Crippen LogP contribution in [0.2, 0.25) is 0 Å². The van der Waals surface area contributed by atoms with Gasteiger partial charge in [0, 0.05) is 12.6 Å². The highest BCUT2D eigenvalue weighted by Crippen LogP contribution is 2.27. The second-order valence-electron chi connectivity index (χ2n) is 6.69. The summed E-state index contributed by atoms with van der Waals surface area (Å²) < 4.78 is 38.2. The van der Waals surface area contributed by atoms with Gasteiger partial charge in [0.15, 0.2) is 0 Å². The van der Waals surface area contributed by atoms with Crippen molar-refractivity contribution in [2.75, 3.05) is 13.2 Å². The van der Waals surface area contributed by atoms with Crippen molar-refractivity contribution < 1.29 is 17.9 Å². The summed E-state index contributed by atoms with van der Waals surface area (Å²) in [7, 11) is -3.23. The molecular formula is C17H25NO4S. The summed E-state index contributed by atoms with van der Waals surface area (Å²) in [5.74, 6) is 0.839. The van der Waals surface area contributed by atoms with Gasteiger partial charge in [-0.2, -0.15) is 0 Å². The van der Waals surface area contributed by atoms with E-state index < -0.39 is 15.3 Å². The van der Waals surface area contributed by atoms with Gasteiger partial charge in [-0.1, -0.05) is 6.07 Å². The van der Waals surface area contributed by atoms with E-state index in [-0.39, 0.29) is 12.1 Å². The van der Waals surface area contributed by atoms with Crippen LogP contribution in [0.15, 0.2) is 18.2 Å². The Labute approximate surface area is 138 Å². The fourth-order valence-corrected chi connectivity index (χ4v) is 4.00. The van der Waals surface area contributed by atoms with E-state index in [1.165, 1.54) is 11.1 Å². The highest BCUT2D eigenvalue weighted by atomic mass is 32.2. The number of hydrogen-bond acceptors (Lipinski definition) is 4. The van der Waals surface area contributed by atoms with E-state index in [1.807, 2.05) is 18.2 Å². The second kappa shape index (κ2) is 6.79. The molecule has 2 atom stereocenters. The first-order valence-corrected chi connectivity index (χ1v) is 9.86. The van der Waals surface area contributed by atoms with Crippen LogP contribution in [0.1, 0.15) is 37.8 Å². The standard InChI is InChI=1S/C17H25NO4S/c1-12(2)23(19,20)18-15-8-13-5-6-16(10-14(13)9-15)22-11-17-4-3-7-21-17/h5-6,10,12,15,17-18H,3-4,7-9,11H2,1-2H3/t15-,17?/m0/s1. The van der Waals surface area contributed by atoms with E-state index in [1.54, 1.807) is 13.8 Å². The molecule has 0 radical (unpaired) electrons. The zero-order valence-electron chi connectivity index (χ0n) is 13.7. The van der Waals surface area contributed by atoms with E-state index in [2.05, 4.69) is 4.72 Å². The Hall–Kier alpha value is -1.11. The van der Waals surface area contributed by atoms with Crippen molar-refractivity contribution >= 4 is 10.0 Å². The minimum absolute atomic E-state index is 0.0502. The summed E-state index contributed by atoms with van der Waals surface area (Å²) in [5, 5.41) is -0.406. The lowest BCUT2D eigenvalue weighted by molar-refractivity contribution is 0.0679. The van der Waals surface area contributed by atoms with Crippen molar-refractivity contribution in [1.29, 1.82) is 0 Å². The Morgan fingerprint density at radius 2 is 2.09 bits per heavy atom. The maximum Gasteiger partial charge on any atom is 0.214 e. The average molecular weight is 339 g/mol. The van der Waals surface area contributed by atoms with Crippen LogP contribution >= 0.6 is 0 Å². The molecule has 1 heterocycles. The minimum atomic E-state index is -3.23. The molecule has 1 aliphatic heterocycles. The van der Waals surface area contributed by atoms with Crippen LogP contribution in [-0.4, -0.2) is 39.0 Å².